The van der Waals surface area contributed by atoms with Crippen LogP contribution in [0.2, 0.25) is 0 Å². The molecule has 1 aromatic heterocycles. The number of alkyl halides is 2. The van der Waals surface area contributed by atoms with E-state index >= 15 is 0 Å². The van der Waals surface area contributed by atoms with E-state index in [4.69, 9.17) is 4.42 Å². The van der Waals surface area contributed by atoms with Gasteiger partial charge >= 0.3 is 6.43 Å². The van der Waals surface area contributed by atoms with Crippen LogP contribution in [0, 0.1) is 5.82 Å². The summed E-state index contributed by atoms with van der Waals surface area (Å²) in [6.45, 7) is 0. The van der Waals surface area contributed by atoms with E-state index in [0.717, 1.165) is 6.07 Å². The number of carbonyl (C=O) groups excluding carboxylic acids is 1. The van der Waals surface area contributed by atoms with Crippen LogP contribution in [-0.2, 0) is 0 Å². The van der Waals surface area contributed by atoms with Gasteiger partial charge in [0.15, 0.2) is 5.76 Å². The summed E-state index contributed by atoms with van der Waals surface area (Å²) in [5.41, 5.74) is -0.941. The molecule has 4 aromatic rings. The number of hydrogen-bond acceptors (Lipinski definition) is 3. The first kappa shape index (κ1) is 17.0. The van der Waals surface area contributed by atoms with Crippen molar-refractivity contribution in [2.24, 2.45) is 0 Å². The summed E-state index contributed by atoms with van der Waals surface area (Å²) >= 11 is 0. The molecule has 0 radical (unpaired) electrons. The monoisotopic (exact) mass is 368 g/mol. The fourth-order valence-electron chi connectivity index (χ4n) is 3.09. The van der Waals surface area contributed by atoms with Crippen molar-refractivity contribution in [3.05, 3.63) is 82.3 Å². The Morgan fingerprint density at radius 1 is 0.889 bits per heavy atom. The Hall–Kier alpha value is -3.41. The molecule has 0 saturated carbocycles. The summed E-state index contributed by atoms with van der Waals surface area (Å²) in [5, 5.41) is 0.243. The zero-order valence-corrected chi connectivity index (χ0v) is 13.7. The molecule has 0 aliphatic carbocycles. The maximum atomic E-state index is 14.7. The first-order valence-corrected chi connectivity index (χ1v) is 8.05. The topological polar surface area (TPSA) is 47.3 Å². The minimum absolute atomic E-state index is 0.0432. The van der Waals surface area contributed by atoms with Crippen LogP contribution < -0.4 is 5.43 Å². The summed E-state index contributed by atoms with van der Waals surface area (Å²) in [5.74, 6) is -2.81. The summed E-state index contributed by atoms with van der Waals surface area (Å²) in [7, 11) is 0. The lowest BCUT2D eigenvalue weighted by molar-refractivity contribution is 0.0681. The lowest BCUT2D eigenvalue weighted by Crippen LogP contribution is -2.14. The molecule has 0 amide bonds. The van der Waals surface area contributed by atoms with Crippen LogP contribution in [0.3, 0.4) is 0 Å². The van der Waals surface area contributed by atoms with E-state index in [1.165, 1.54) is 12.1 Å². The van der Waals surface area contributed by atoms with Gasteiger partial charge in [0.25, 0.3) is 0 Å². The molecule has 1 heterocycles. The van der Waals surface area contributed by atoms with Crippen molar-refractivity contribution in [1.29, 1.82) is 0 Å². The van der Waals surface area contributed by atoms with Gasteiger partial charge in [-0.25, -0.2) is 8.78 Å². The summed E-state index contributed by atoms with van der Waals surface area (Å²) in [6, 6.07) is 15.4. The largest absolute Gasteiger partial charge is 0.452 e. The molecule has 6 heteroatoms. The van der Waals surface area contributed by atoms with Crippen LogP contribution in [-0.4, -0.2) is 12.2 Å². The molecule has 27 heavy (non-hydrogen) atoms. The van der Waals surface area contributed by atoms with Crippen molar-refractivity contribution in [2.45, 2.75) is 6.43 Å². The molecule has 3 nitrogen and oxygen atoms in total. The highest BCUT2D eigenvalue weighted by Crippen LogP contribution is 2.32. The summed E-state index contributed by atoms with van der Waals surface area (Å²) < 4.78 is 46.3. The van der Waals surface area contributed by atoms with Crippen LogP contribution in [0.1, 0.15) is 10.4 Å². The summed E-state index contributed by atoms with van der Waals surface area (Å²) in [4.78, 5) is 24.5. The average molecular weight is 368 g/mol. The lowest BCUT2D eigenvalue weighted by atomic mass is 9.97. The number of Topliss-reactive ketones (excluding diaryl/α,β-unsaturated/α-hetero) is 1. The second-order valence-corrected chi connectivity index (χ2v) is 5.95. The van der Waals surface area contributed by atoms with Gasteiger partial charge in [-0.1, -0.05) is 54.6 Å². The minimum atomic E-state index is -3.24. The van der Waals surface area contributed by atoms with Crippen molar-refractivity contribution in [2.75, 3.05) is 0 Å². The van der Waals surface area contributed by atoms with E-state index in [0.29, 0.717) is 5.56 Å². The second-order valence-electron chi connectivity index (χ2n) is 5.95. The Morgan fingerprint density at radius 2 is 1.52 bits per heavy atom. The zero-order valence-electron chi connectivity index (χ0n) is 13.7. The predicted octanol–water partition coefficient (Wildman–Crippen LogP) is 5.20. The van der Waals surface area contributed by atoms with E-state index in [2.05, 4.69) is 0 Å². The maximum Gasteiger partial charge on any atom is 0.300 e. The Morgan fingerprint density at radius 3 is 2.19 bits per heavy atom. The highest BCUT2D eigenvalue weighted by molar-refractivity contribution is 6.16. The van der Waals surface area contributed by atoms with Gasteiger partial charge < -0.3 is 4.42 Å². The standard InChI is InChI=1S/C21H11F3O3/c22-16-17(25)15-10-14(18(26)21(23)24)12-8-4-5-9-13(12)20(15)27-19(16)11-6-2-1-3-7-11/h1-10,21H. The first-order valence-electron chi connectivity index (χ1n) is 8.05. The van der Waals surface area contributed by atoms with Gasteiger partial charge in [0.2, 0.25) is 17.0 Å². The number of rotatable bonds is 3. The van der Waals surface area contributed by atoms with E-state index in [1.807, 2.05) is 0 Å². The van der Waals surface area contributed by atoms with Gasteiger partial charge in [0.1, 0.15) is 5.58 Å². The van der Waals surface area contributed by atoms with Gasteiger partial charge in [0, 0.05) is 16.5 Å². The van der Waals surface area contributed by atoms with E-state index in [-0.39, 0.29) is 33.1 Å². The molecule has 3 aromatic carbocycles. The molecule has 134 valence electrons. The zero-order chi connectivity index (χ0) is 19.1. The molecule has 0 fully saturated rings. The fourth-order valence-corrected chi connectivity index (χ4v) is 3.09. The number of benzene rings is 3. The van der Waals surface area contributed by atoms with Crippen LogP contribution in [0.5, 0.6) is 0 Å². The van der Waals surface area contributed by atoms with Crippen molar-refractivity contribution in [1.82, 2.24) is 0 Å². The molecular weight excluding hydrogens is 357 g/mol. The maximum absolute atomic E-state index is 14.7. The van der Waals surface area contributed by atoms with E-state index in [9.17, 15) is 22.8 Å². The van der Waals surface area contributed by atoms with E-state index in [1.54, 1.807) is 42.5 Å². The number of hydrogen-bond donors (Lipinski definition) is 0. The molecule has 0 aliphatic heterocycles. The van der Waals surface area contributed by atoms with Crippen molar-refractivity contribution in [3.8, 4) is 11.3 Å². The minimum Gasteiger partial charge on any atom is -0.452 e. The highest BCUT2D eigenvalue weighted by Gasteiger charge is 2.24. The van der Waals surface area contributed by atoms with Crippen molar-refractivity contribution < 1.29 is 22.4 Å². The fraction of sp³-hybridized carbons (Fsp3) is 0.0476. The molecule has 0 unspecified atom stereocenters. The number of carbonyl (C=O) groups is 1. The molecule has 0 atom stereocenters. The molecular formula is C21H11F3O3. The average Bonchev–Trinajstić information content (AvgIpc) is 2.70. The Bertz CT molecular complexity index is 1240. The number of halogens is 3. The third-order valence-corrected chi connectivity index (χ3v) is 4.34. The Labute approximate surface area is 150 Å². The Kier molecular flexibility index (Phi) is 4.03. The molecule has 0 N–H and O–H groups in total. The van der Waals surface area contributed by atoms with Crippen LogP contribution >= 0.6 is 0 Å². The van der Waals surface area contributed by atoms with Crippen LogP contribution in [0.15, 0.2) is 69.9 Å². The lowest BCUT2D eigenvalue weighted by Gasteiger charge is -2.11. The normalized spacial score (nSPS) is 11.4. The van der Waals surface area contributed by atoms with Crippen molar-refractivity contribution >= 4 is 27.5 Å². The molecule has 0 saturated heterocycles. The number of ketones is 1. The second kappa shape index (κ2) is 6.39. The summed E-state index contributed by atoms with van der Waals surface area (Å²) in [6.07, 6.45) is -3.24. The van der Waals surface area contributed by atoms with Gasteiger partial charge in [-0.05, 0) is 11.5 Å². The third-order valence-electron chi connectivity index (χ3n) is 4.34. The van der Waals surface area contributed by atoms with Gasteiger partial charge in [-0.3, -0.25) is 9.59 Å². The quantitative estimate of drug-likeness (QED) is 0.369. The SMILES string of the molecule is O=C(c1cc2c(=O)c(F)c(-c3ccccc3)oc2c2ccccc12)C(F)F. The smallest absolute Gasteiger partial charge is 0.300 e. The van der Waals surface area contributed by atoms with Crippen LogP contribution in [0.25, 0.3) is 33.1 Å². The Balaban J connectivity index is 2.16. The van der Waals surface area contributed by atoms with Gasteiger partial charge in [-0.15, -0.1) is 0 Å². The molecule has 4 rings (SSSR count). The van der Waals surface area contributed by atoms with Gasteiger partial charge in [-0.2, -0.15) is 4.39 Å². The van der Waals surface area contributed by atoms with Crippen molar-refractivity contribution in [3.63, 3.8) is 0 Å². The molecule has 0 aliphatic rings. The molecule has 0 bridgehead atoms. The third kappa shape index (κ3) is 2.70. The van der Waals surface area contributed by atoms with E-state index < -0.39 is 23.5 Å². The highest BCUT2D eigenvalue weighted by atomic mass is 19.3. The molecule has 0 spiro atoms. The number of fused-ring (bicyclic) bond motifs is 3. The van der Waals surface area contributed by atoms with Crippen LogP contribution in [0.4, 0.5) is 13.2 Å². The predicted molar refractivity (Wildman–Crippen MR) is 95.7 cm³/mol. The van der Waals surface area contributed by atoms with Gasteiger partial charge in [0.05, 0.1) is 5.39 Å². The first-order chi connectivity index (χ1) is 13.0.